The maximum absolute atomic E-state index is 11.2. The number of anilines is 1. The number of rotatable bonds is 3. The van der Waals surface area contributed by atoms with Gasteiger partial charge in [0.25, 0.3) is 0 Å². The summed E-state index contributed by atoms with van der Waals surface area (Å²) in [5, 5.41) is 11.1. The number of nitrogens with one attached hydrogen (secondary N) is 1. The predicted molar refractivity (Wildman–Crippen MR) is 57.4 cm³/mol. The second kappa shape index (κ2) is 4.79. The Labute approximate surface area is 91.9 Å². The number of phenols is 1. The van der Waals surface area contributed by atoms with Crippen LogP contribution >= 0.6 is 11.6 Å². The van der Waals surface area contributed by atoms with Crippen LogP contribution in [0.1, 0.15) is 17.3 Å². The molecule has 0 saturated heterocycles. The van der Waals surface area contributed by atoms with Crippen LogP contribution < -0.4 is 5.32 Å². The zero-order valence-corrected chi connectivity index (χ0v) is 8.78. The first-order valence-electron chi connectivity index (χ1n) is 4.27. The monoisotopic (exact) mass is 227 g/mol. The van der Waals surface area contributed by atoms with E-state index >= 15 is 0 Å². The molecule has 1 aromatic carbocycles. The van der Waals surface area contributed by atoms with E-state index in [0.717, 1.165) is 0 Å². The van der Waals surface area contributed by atoms with E-state index in [0.29, 0.717) is 11.8 Å². The van der Waals surface area contributed by atoms with Crippen LogP contribution in [0.4, 0.5) is 5.69 Å². The van der Waals surface area contributed by atoms with Crippen LogP contribution in [0, 0.1) is 0 Å². The molecule has 0 aliphatic rings. The SMILES string of the molecule is C[C@@H](Cl)C(=O)Nc1cc(C=O)ccc1O. The van der Waals surface area contributed by atoms with Crippen LogP contribution in [0.3, 0.4) is 0 Å². The normalized spacial score (nSPS) is 11.9. The molecule has 4 nitrogen and oxygen atoms in total. The van der Waals surface area contributed by atoms with E-state index in [1.807, 2.05) is 0 Å². The van der Waals surface area contributed by atoms with Crippen molar-refractivity contribution >= 4 is 29.5 Å². The molecule has 1 atom stereocenters. The molecule has 1 aromatic rings. The number of hydrogen-bond acceptors (Lipinski definition) is 3. The zero-order valence-electron chi connectivity index (χ0n) is 8.03. The fraction of sp³-hybridized carbons (Fsp3) is 0.200. The molecule has 0 aliphatic heterocycles. The van der Waals surface area contributed by atoms with Gasteiger partial charge in [-0.2, -0.15) is 0 Å². The lowest BCUT2D eigenvalue weighted by Crippen LogP contribution is -2.20. The van der Waals surface area contributed by atoms with Gasteiger partial charge < -0.3 is 10.4 Å². The molecule has 0 spiro atoms. The molecule has 2 N–H and O–H groups in total. The van der Waals surface area contributed by atoms with Crippen LogP contribution in [0.15, 0.2) is 18.2 Å². The molecule has 5 heteroatoms. The van der Waals surface area contributed by atoms with E-state index in [4.69, 9.17) is 11.6 Å². The highest BCUT2D eigenvalue weighted by Crippen LogP contribution is 2.23. The Balaban J connectivity index is 2.93. The summed E-state index contributed by atoms with van der Waals surface area (Å²) >= 11 is 5.54. The fourth-order valence-electron chi connectivity index (χ4n) is 0.959. The molecule has 1 rings (SSSR count). The Kier molecular flexibility index (Phi) is 3.68. The summed E-state index contributed by atoms with van der Waals surface area (Å²) in [5.74, 6) is -0.540. The standard InChI is InChI=1S/C10H10ClNO3/c1-6(11)10(15)12-8-4-7(5-13)2-3-9(8)14/h2-6,14H,1H3,(H,12,15)/t6-/m1/s1. The molecule has 0 fully saturated rings. The van der Waals surface area contributed by atoms with Crippen LogP contribution in [-0.2, 0) is 4.79 Å². The Morgan fingerprint density at radius 3 is 2.80 bits per heavy atom. The minimum atomic E-state index is -0.704. The van der Waals surface area contributed by atoms with Crippen molar-refractivity contribution in [3.63, 3.8) is 0 Å². The van der Waals surface area contributed by atoms with Crippen molar-refractivity contribution in [2.24, 2.45) is 0 Å². The highest BCUT2D eigenvalue weighted by molar-refractivity contribution is 6.32. The van der Waals surface area contributed by atoms with Gasteiger partial charge in [0.1, 0.15) is 17.4 Å². The summed E-state index contributed by atoms with van der Waals surface area (Å²) in [7, 11) is 0. The molecule has 0 bridgehead atoms. The van der Waals surface area contributed by atoms with Crippen LogP contribution in [0.25, 0.3) is 0 Å². The van der Waals surface area contributed by atoms with Crippen molar-refractivity contribution in [3.8, 4) is 5.75 Å². The third-order valence-corrected chi connectivity index (χ3v) is 1.97. The van der Waals surface area contributed by atoms with E-state index in [1.165, 1.54) is 25.1 Å². The Morgan fingerprint density at radius 2 is 2.27 bits per heavy atom. The molecule has 0 radical (unpaired) electrons. The third kappa shape index (κ3) is 2.95. The molecule has 0 aromatic heterocycles. The molecule has 0 aliphatic carbocycles. The first-order valence-corrected chi connectivity index (χ1v) is 4.71. The van der Waals surface area contributed by atoms with Gasteiger partial charge in [-0.1, -0.05) is 0 Å². The Morgan fingerprint density at radius 1 is 1.60 bits per heavy atom. The molecule has 80 valence electrons. The molecule has 0 saturated carbocycles. The lowest BCUT2D eigenvalue weighted by atomic mass is 10.2. The molecular weight excluding hydrogens is 218 g/mol. The smallest absolute Gasteiger partial charge is 0.242 e. The number of amides is 1. The number of benzene rings is 1. The van der Waals surface area contributed by atoms with Crippen molar-refractivity contribution in [2.45, 2.75) is 12.3 Å². The minimum absolute atomic E-state index is 0.105. The summed E-state index contributed by atoms with van der Waals surface area (Å²) in [4.78, 5) is 21.7. The van der Waals surface area contributed by atoms with Gasteiger partial charge in [-0.25, -0.2) is 0 Å². The van der Waals surface area contributed by atoms with E-state index in [-0.39, 0.29) is 11.4 Å². The van der Waals surface area contributed by atoms with Crippen molar-refractivity contribution in [1.82, 2.24) is 0 Å². The lowest BCUT2D eigenvalue weighted by molar-refractivity contribution is -0.115. The topological polar surface area (TPSA) is 66.4 Å². The van der Waals surface area contributed by atoms with Gasteiger partial charge in [0.15, 0.2) is 0 Å². The second-order valence-corrected chi connectivity index (χ2v) is 3.65. The Bertz CT molecular complexity index is 390. The first-order chi connectivity index (χ1) is 7.04. The number of carbonyl (C=O) groups excluding carboxylic acids is 2. The number of halogens is 1. The highest BCUT2D eigenvalue weighted by atomic mass is 35.5. The maximum atomic E-state index is 11.2. The van der Waals surface area contributed by atoms with Gasteiger partial charge >= 0.3 is 0 Å². The van der Waals surface area contributed by atoms with Gasteiger partial charge in [0.05, 0.1) is 5.69 Å². The van der Waals surface area contributed by atoms with Gasteiger partial charge in [-0.3, -0.25) is 9.59 Å². The first kappa shape index (κ1) is 11.5. The second-order valence-electron chi connectivity index (χ2n) is 3.00. The molecular formula is C10H10ClNO3. The zero-order chi connectivity index (χ0) is 11.4. The largest absolute Gasteiger partial charge is 0.506 e. The van der Waals surface area contributed by atoms with Gasteiger partial charge in [0, 0.05) is 5.56 Å². The minimum Gasteiger partial charge on any atom is -0.506 e. The average molecular weight is 228 g/mol. The van der Waals surface area contributed by atoms with Gasteiger partial charge in [0.2, 0.25) is 5.91 Å². The quantitative estimate of drug-likeness (QED) is 0.470. The van der Waals surface area contributed by atoms with Crippen molar-refractivity contribution in [1.29, 1.82) is 0 Å². The number of aromatic hydroxyl groups is 1. The van der Waals surface area contributed by atoms with E-state index in [9.17, 15) is 14.7 Å². The van der Waals surface area contributed by atoms with Crippen molar-refractivity contribution in [3.05, 3.63) is 23.8 Å². The van der Waals surface area contributed by atoms with E-state index in [1.54, 1.807) is 0 Å². The van der Waals surface area contributed by atoms with E-state index in [2.05, 4.69) is 5.32 Å². The molecule has 0 heterocycles. The number of aldehydes is 1. The van der Waals surface area contributed by atoms with Crippen LogP contribution in [-0.4, -0.2) is 22.7 Å². The summed E-state index contributed by atoms with van der Waals surface area (Å²) in [6.07, 6.45) is 0.624. The van der Waals surface area contributed by atoms with Crippen LogP contribution in [0.5, 0.6) is 5.75 Å². The molecule has 15 heavy (non-hydrogen) atoms. The number of phenolic OH excluding ortho intramolecular Hbond substituents is 1. The predicted octanol–water partition coefficient (Wildman–Crippen LogP) is 1.77. The average Bonchev–Trinajstić information content (AvgIpc) is 2.21. The number of hydrogen-bond donors (Lipinski definition) is 2. The summed E-state index contributed by atoms with van der Waals surface area (Å²) in [5.41, 5.74) is 0.544. The van der Waals surface area contributed by atoms with Gasteiger partial charge in [-0.15, -0.1) is 11.6 Å². The lowest BCUT2D eigenvalue weighted by Gasteiger charge is -2.08. The fourth-order valence-corrected chi connectivity index (χ4v) is 1.01. The van der Waals surface area contributed by atoms with Crippen molar-refractivity contribution in [2.75, 3.05) is 5.32 Å². The summed E-state index contributed by atoms with van der Waals surface area (Å²) in [6, 6.07) is 4.15. The number of carbonyl (C=O) groups is 2. The summed E-state index contributed by atoms with van der Waals surface area (Å²) < 4.78 is 0. The Hall–Kier alpha value is -1.55. The third-order valence-electron chi connectivity index (χ3n) is 1.78. The highest BCUT2D eigenvalue weighted by Gasteiger charge is 2.11. The molecule has 0 unspecified atom stereocenters. The summed E-state index contributed by atoms with van der Waals surface area (Å²) in [6.45, 7) is 1.51. The van der Waals surface area contributed by atoms with Crippen molar-refractivity contribution < 1.29 is 14.7 Å². The maximum Gasteiger partial charge on any atom is 0.242 e. The van der Waals surface area contributed by atoms with Crippen LogP contribution in [0.2, 0.25) is 0 Å². The van der Waals surface area contributed by atoms with Gasteiger partial charge in [-0.05, 0) is 25.1 Å². The molecule has 1 amide bonds. The van der Waals surface area contributed by atoms with E-state index < -0.39 is 11.3 Å². The number of alkyl halides is 1.